The molecule has 0 fully saturated rings. The highest BCUT2D eigenvalue weighted by Gasteiger charge is 2.44. The molecule has 0 amide bonds. The quantitative estimate of drug-likeness (QED) is 0.784. The number of hydrogen-bond acceptors (Lipinski definition) is 4. The second kappa shape index (κ2) is 6.56. The minimum Gasteiger partial charge on any atom is -0.485 e. The molecule has 2 N–H and O–H groups in total. The van der Waals surface area contributed by atoms with E-state index in [1.54, 1.807) is 32.0 Å². The molecular formula is C18H17ClN2O4S. The number of hydrogen-bond donors (Lipinski definition) is 2. The Balaban J connectivity index is 2.07. The summed E-state index contributed by atoms with van der Waals surface area (Å²) in [6, 6.07) is 9.60. The number of aliphatic hydroxyl groups excluding tert-OH is 1. The first kappa shape index (κ1) is 18.7. The third kappa shape index (κ3) is 3.41. The van der Waals surface area contributed by atoms with Crippen LogP contribution < -0.4 is 9.46 Å². The highest BCUT2D eigenvalue weighted by molar-refractivity contribution is 7.89. The number of nitrogens with one attached hydrogen (secondary N) is 1. The topological polar surface area (TPSA) is 80.0 Å². The van der Waals surface area contributed by atoms with Gasteiger partial charge in [-0.2, -0.15) is 0 Å². The van der Waals surface area contributed by atoms with E-state index >= 15 is 0 Å². The van der Waals surface area contributed by atoms with Crippen LogP contribution in [0.1, 0.15) is 25.5 Å². The summed E-state index contributed by atoms with van der Waals surface area (Å²) in [7, 11) is -3.96. The van der Waals surface area contributed by atoms with Gasteiger partial charge in [0, 0.05) is 10.6 Å². The second-order valence-electron chi connectivity index (χ2n) is 6.54. The van der Waals surface area contributed by atoms with Crippen molar-refractivity contribution in [1.29, 1.82) is 0 Å². The average molecular weight is 393 g/mol. The van der Waals surface area contributed by atoms with Crippen LogP contribution in [-0.2, 0) is 10.0 Å². The summed E-state index contributed by atoms with van der Waals surface area (Å²) in [5.41, 5.74) is -0.282. The van der Waals surface area contributed by atoms with Crippen LogP contribution in [0.25, 0.3) is 4.85 Å². The molecule has 0 radical (unpaired) electrons. The fraction of sp³-hybridized carbons (Fsp3) is 0.278. The van der Waals surface area contributed by atoms with Crippen LogP contribution in [0.4, 0.5) is 5.69 Å². The van der Waals surface area contributed by atoms with E-state index in [1.165, 1.54) is 24.3 Å². The number of ether oxygens (including phenoxy) is 1. The average Bonchev–Trinajstić information content (AvgIpc) is 2.58. The number of aliphatic hydroxyl groups is 1. The summed E-state index contributed by atoms with van der Waals surface area (Å²) in [5, 5.41) is 11.0. The van der Waals surface area contributed by atoms with Gasteiger partial charge in [0.05, 0.1) is 17.5 Å². The van der Waals surface area contributed by atoms with Crippen molar-refractivity contribution in [3.05, 3.63) is 64.5 Å². The summed E-state index contributed by atoms with van der Waals surface area (Å²) in [5.74, 6) is 0.423. The Morgan fingerprint density at radius 1 is 1.27 bits per heavy atom. The third-order valence-corrected chi connectivity index (χ3v) is 5.92. The normalized spacial score (nSPS) is 21.3. The maximum absolute atomic E-state index is 12.8. The lowest BCUT2D eigenvalue weighted by Gasteiger charge is -2.42. The molecule has 3 rings (SSSR count). The van der Waals surface area contributed by atoms with E-state index in [1.807, 2.05) is 0 Å². The van der Waals surface area contributed by atoms with Gasteiger partial charge in [0.25, 0.3) is 0 Å². The molecule has 0 aliphatic carbocycles. The number of fused-ring (bicyclic) bond motifs is 1. The SMILES string of the molecule is [C-]#[N+]c1ccc2c(c1)[C@@H](NS(=O)(=O)c1cccc(Cl)c1)[C@H](O)C(C)(C)O2. The van der Waals surface area contributed by atoms with Crippen molar-refractivity contribution >= 4 is 27.3 Å². The van der Waals surface area contributed by atoms with Gasteiger partial charge in [0.15, 0.2) is 5.69 Å². The lowest BCUT2D eigenvalue weighted by molar-refractivity contribution is -0.0602. The highest BCUT2D eigenvalue weighted by Crippen LogP contribution is 2.42. The van der Waals surface area contributed by atoms with E-state index in [4.69, 9.17) is 22.9 Å². The summed E-state index contributed by atoms with van der Waals surface area (Å²) in [4.78, 5) is 3.35. The van der Waals surface area contributed by atoms with Crippen LogP contribution in [-0.4, -0.2) is 25.2 Å². The van der Waals surface area contributed by atoms with Crippen molar-refractivity contribution in [2.24, 2.45) is 0 Å². The molecule has 0 saturated carbocycles. The predicted molar refractivity (Wildman–Crippen MR) is 97.9 cm³/mol. The largest absolute Gasteiger partial charge is 0.485 e. The van der Waals surface area contributed by atoms with Crippen LogP contribution in [0.3, 0.4) is 0 Å². The molecule has 136 valence electrons. The van der Waals surface area contributed by atoms with Crippen molar-refractivity contribution in [3.8, 4) is 5.75 Å². The minimum absolute atomic E-state index is 0.00983. The van der Waals surface area contributed by atoms with Gasteiger partial charge in [-0.3, -0.25) is 0 Å². The summed E-state index contributed by atoms with van der Waals surface area (Å²) in [6.45, 7) is 10.5. The van der Waals surface area contributed by atoms with E-state index in [2.05, 4.69) is 9.57 Å². The molecule has 1 aliphatic heterocycles. The van der Waals surface area contributed by atoms with Crippen molar-refractivity contribution in [2.75, 3.05) is 0 Å². The lowest BCUT2D eigenvalue weighted by Crippen LogP contribution is -2.53. The van der Waals surface area contributed by atoms with Gasteiger partial charge >= 0.3 is 0 Å². The van der Waals surface area contributed by atoms with Crippen LogP contribution in [0.15, 0.2) is 47.4 Å². The van der Waals surface area contributed by atoms with Crippen LogP contribution >= 0.6 is 11.6 Å². The number of sulfonamides is 1. The number of halogens is 1. The standard InChI is InChI=1S/C18H17ClN2O4S/c1-18(2)17(22)16(14-10-12(20-3)7-8-15(14)25-18)21-26(23,24)13-6-4-5-11(19)9-13/h4-10,16-17,21-22H,1-2H3/t16-,17+/m1/s1. The molecule has 1 heterocycles. The highest BCUT2D eigenvalue weighted by atomic mass is 35.5. The van der Waals surface area contributed by atoms with Gasteiger partial charge in [-0.15, -0.1) is 0 Å². The van der Waals surface area contributed by atoms with Gasteiger partial charge in [0.2, 0.25) is 10.0 Å². The number of nitrogens with zero attached hydrogens (tertiary/aromatic N) is 1. The zero-order valence-corrected chi connectivity index (χ0v) is 15.7. The van der Waals surface area contributed by atoms with Crippen molar-refractivity contribution in [2.45, 2.75) is 36.5 Å². The molecule has 2 atom stereocenters. The Morgan fingerprint density at radius 2 is 2.00 bits per heavy atom. The van der Waals surface area contributed by atoms with Gasteiger partial charge in [0.1, 0.15) is 17.5 Å². The summed E-state index contributed by atoms with van der Waals surface area (Å²) < 4.78 is 33.9. The molecule has 2 aromatic carbocycles. The Bertz CT molecular complexity index is 998. The predicted octanol–water partition coefficient (Wildman–Crippen LogP) is 3.44. The fourth-order valence-electron chi connectivity index (χ4n) is 2.85. The zero-order chi connectivity index (χ0) is 19.1. The van der Waals surface area contributed by atoms with E-state index < -0.39 is 27.8 Å². The minimum atomic E-state index is -3.96. The summed E-state index contributed by atoms with van der Waals surface area (Å²) >= 11 is 5.89. The van der Waals surface area contributed by atoms with E-state index in [0.717, 1.165) is 0 Å². The fourth-order valence-corrected chi connectivity index (χ4v) is 4.37. The molecule has 6 nitrogen and oxygen atoms in total. The first-order valence-corrected chi connectivity index (χ1v) is 9.66. The molecule has 1 aliphatic rings. The number of benzene rings is 2. The first-order chi connectivity index (χ1) is 12.1. The molecule has 2 aromatic rings. The molecule has 0 saturated heterocycles. The molecule has 26 heavy (non-hydrogen) atoms. The lowest BCUT2D eigenvalue weighted by atomic mass is 9.87. The molecule has 8 heteroatoms. The first-order valence-electron chi connectivity index (χ1n) is 7.80. The van der Waals surface area contributed by atoms with E-state index in [0.29, 0.717) is 17.0 Å². The van der Waals surface area contributed by atoms with Gasteiger partial charge in [-0.1, -0.05) is 23.7 Å². The van der Waals surface area contributed by atoms with Crippen molar-refractivity contribution in [3.63, 3.8) is 0 Å². The monoisotopic (exact) mass is 392 g/mol. The molecule has 0 unspecified atom stereocenters. The molecular weight excluding hydrogens is 376 g/mol. The Hall–Kier alpha value is -2.11. The second-order valence-corrected chi connectivity index (χ2v) is 8.69. The maximum atomic E-state index is 12.8. The van der Waals surface area contributed by atoms with E-state index in [9.17, 15) is 13.5 Å². The zero-order valence-electron chi connectivity index (χ0n) is 14.1. The summed E-state index contributed by atoms with van der Waals surface area (Å²) in [6.07, 6.45) is -1.16. The van der Waals surface area contributed by atoms with Gasteiger partial charge in [-0.05, 0) is 44.2 Å². The smallest absolute Gasteiger partial charge is 0.241 e. The Labute approximate surface area is 157 Å². The maximum Gasteiger partial charge on any atom is 0.241 e. The van der Waals surface area contributed by atoms with Crippen LogP contribution in [0.5, 0.6) is 5.75 Å². The van der Waals surface area contributed by atoms with Crippen molar-refractivity contribution < 1.29 is 18.3 Å². The molecule has 0 aromatic heterocycles. The van der Waals surface area contributed by atoms with Crippen molar-refractivity contribution in [1.82, 2.24) is 4.72 Å². The van der Waals surface area contributed by atoms with Gasteiger partial charge in [-0.25, -0.2) is 18.0 Å². The number of rotatable bonds is 3. The third-order valence-electron chi connectivity index (χ3n) is 4.25. The Morgan fingerprint density at radius 3 is 2.65 bits per heavy atom. The molecule has 0 spiro atoms. The van der Waals surface area contributed by atoms with Gasteiger partial charge < -0.3 is 9.84 Å². The van der Waals surface area contributed by atoms with Crippen LogP contribution in [0.2, 0.25) is 5.02 Å². The Kier molecular flexibility index (Phi) is 4.71. The molecule has 0 bridgehead atoms. The van der Waals surface area contributed by atoms with E-state index in [-0.39, 0.29) is 9.92 Å². The van der Waals surface area contributed by atoms with Crippen LogP contribution in [0, 0.1) is 6.57 Å².